The highest BCUT2D eigenvalue weighted by Gasteiger charge is 2.30. The molecule has 0 fully saturated rings. The lowest BCUT2D eigenvalue weighted by atomic mass is 10.0. The Labute approximate surface area is 99.1 Å². The number of hydrogen-bond donors (Lipinski definition) is 2. The second-order valence-electron chi connectivity index (χ2n) is 3.54. The van der Waals surface area contributed by atoms with Gasteiger partial charge in [-0.25, -0.2) is 4.79 Å². The molecule has 0 aliphatic carbocycles. The summed E-state index contributed by atoms with van der Waals surface area (Å²) in [6.45, 7) is 0. The zero-order valence-electron chi connectivity index (χ0n) is 8.82. The smallest absolute Gasteiger partial charge is 0.416 e. The minimum absolute atomic E-state index is 0.158. The second kappa shape index (κ2) is 4.17. The van der Waals surface area contributed by atoms with Crippen LogP contribution in [-0.4, -0.2) is 21.3 Å². The van der Waals surface area contributed by atoms with Gasteiger partial charge in [0.05, 0.1) is 11.8 Å². The Morgan fingerprint density at radius 3 is 2.33 bits per heavy atom. The fourth-order valence-corrected chi connectivity index (χ4v) is 1.51. The number of hydrogen-bond acceptors (Lipinski definition) is 2. The lowest BCUT2D eigenvalue weighted by molar-refractivity contribution is -0.137. The molecule has 2 rings (SSSR count). The largest absolute Gasteiger partial charge is 0.477 e. The van der Waals surface area contributed by atoms with Gasteiger partial charge in [0.1, 0.15) is 0 Å². The van der Waals surface area contributed by atoms with Crippen LogP contribution in [0.1, 0.15) is 16.1 Å². The summed E-state index contributed by atoms with van der Waals surface area (Å²) < 4.78 is 37.1. The predicted molar refractivity (Wildman–Crippen MR) is 56.0 cm³/mol. The molecule has 7 heteroatoms. The third-order valence-corrected chi connectivity index (χ3v) is 2.38. The van der Waals surface area contributed by atoms with Gasteiger partial charge in [0, 0.05) is 5.56 Å². The number of benzene rings is 1. The Hall–Kier alpha value is -2.31. The van der Waals surface area contributed by atoms with Gasteiger partial charge in [-0.1, -0.05) is 12.1 Å². The van der Waals surface area contributed by atoms with E-state index in [9.17, 15) is 18.0 Å². The van der Waals surface area contributed by atoms with Crippen molar-refractivity contribution in [3.63, 3.8) is 0 Å². The normalized spacial score (nSPS) is 11.5. The molecule has 4 nitrogen and oxygen atoms in total. The highest BCUT2D eigenvalue weighted by molar-refractivity contribution is 5.93. The van der Waals surface area contributed by atoms with Gasteiger partial charge in [-0.2, -0.15) is 18.3 Å². The Morgan fingerprint density at radius 1 is 1.22 bits per heavy atom. The number of aromatic carboxylic acids is 1. The molecule has 2 N–H and O–H groups in total. The van der Waals surface area contributed by atoms with Crippen LogP contribution in [0.2, 0.25) is 0 Å². The first-order valence-electron chi connectivity index (χ1n) is 4.84. The molecular formula is C11H7F3N2O2. The van der Waals surface area contributed by atoms with E-state index >= 15 is 0 Å². The van der Waals surface area contributed by atoms with E-state index in [4.69, 9.17) is 5.11 Å². The predicted octanol–water partition coefficient (Wildman–Crippen LogP) is 2.79. The van der Waals surface area contributed by atoms with Crippen molar-refractivity contribution in [3.05, 3.63) is 41.7 Å². The maximum Gasteiger partial charge on any atom is 0.416 e. The lowest BCUT2D eigenvalue weighted by Gasteiger charge is -2.07. The number of halogens is 3. The summed E-state index contributed by atoms with van der Waals surface area (Å²) in [6.07, 6.45) is -3.16. The van der Waals surface area contributed by atoms with Crippen molar-refractivity contribution in [1.82, 2.24) is 10.2 Å². The summed E-state index contributed by atoms with van der Waals surface area (Å²) in [5, 5.41) is 14.7. The van der Waals surface area contributed by atoms with Gasteiger partial charge in [-0.15, -0.1) is 0 Å². The van der Waals surface area contributed by atoms with Gasteiger partial charge in [-0.3, -0.25) is 5.10 Å². The molecule has 0 spiro atoms. The molecule has 0 radical (unpaired) electrons. The van der Waals surface area contributed by atoms with E-state index in [1.54, 1.807) is 0 Å². The summed E-state index contributed by atoms with van der Waals surface area (Å²) in [5.41, 5.74) is -0.341. The number of aromatic amines is 1. The van der Waals surface area contributed by atoms with Crippen LogP contribution in [0, 0.1) is 0 Å². The molecule has 0 aliphatic rings. The van der Waals surface area contributed by atoms with Gasteiger partial charge in [0.25, 0.3) is 0 Å². The molecule has 0 amide bonds. The van der Waals surface area contributed by atoms with Crippen LogP contribution in [0.25, 0.3) is 11.1 Å². The van der Waals surface area contributed by atoms with E-state index in [0.717, 1.165) is 12.1 Å². The summed E-state index contributed by atoms with van der Waals surface area (Å²) in [6, 6.07) is 4.21. The third-order valence-electron chi connectivity index (χ3n) is 2.38. The molecule has 1 aromatic heterocycles. The van der Waals surface area contributed by atoms with Crippen molar-refractivity contribution in [2.45, 2.75) is 6.18 Å². The number of carboxylic acid groups (broad SMARTS) is 1. The molecule has 0 aliphatic heterocycles. The summed E-state index contributed by atoms with van der Waals surface area (Å²) in [4.78, 5) is 10.8. The second-order valence-corrected chi connectivity index (χ2v) is 3.54. The van der Waals surface area contributed by atoms with E-state index in [0.29, 0.717) is 5.56 Å². The maximum absolute atomic E-state index is 12.4. The summed E-state index contributed by atoms with van der Waals surface area (Å²) >= 11 is 0. The number of nitrogens with zero attached hydrogens (tertiary/aromatic N) is 1. The molecule has 1 aromatic carbocycles. The Kier molecular flexibility index (Phi) is 2.82. The molecule has 1 heterocycles. The molecule has 0 atom stereocenters. The number of H-pyrrole nitrogens is 1. The van der Waals surface area contributed by atoms with Gasteiger partial charge in [0.15, 0.2) is 5.69 Å². The van der Waals surface area contributed by atoms with Crippen molar-refractivity contribution in [3.8, 4) is 11.1 Å². The summed E-state index contributed by atoms with van der Waals surface area (Å²) in [5.74, 6) is -1.22. The van der Waals surface area contributed by atoms with Crippen molar-refractivity contribution in [2.24, 2.45) is 0 Å². The van der Waals surface area contributed by atoms with Crippen molar-refractivity contribution in [1.29, 1.82) is 0 Å². The van der Waals surface area contributed by atoms with E-state index < -0.39 is 17.7 Å². The van der Waals surface area contributed by atoms with Crippen LogP contribution >= 0.6 is 0 Å². The summed E-state index contributed by atoms with van der Waals surface area (Å²) in [7, 11) is 0. The standard InChI is InChI=1S/C11H7F3N2O2/c12-11(13,14)7-3-1-6(2-4-7)8-5-15-16-9(8)10(17)18/h1-5H,(H,15,16)(H,17,18). The Balaban J connectivity index is 2.41. The fraction of sp³-hybridized carbons (Fsp3) is 0.0909. The highest BCUT2D eigenvalue weighted by Crippen LogP contribution is 2.31. The molecule has 0 saturated heterocycles. The van der Waals surface area contributed by atoms with E-state index in [1.807, 2.05) is 0 Å². The first-order chi connectivity index (χ1) is 8.39. The first kappa shape index (κ1) is 12.2. The topological polar surface area (TPSA) is 66.0 Å². The average Bonchev–Trinajstić information content (AvgIpc) is 2.77. The SMILES string of the molecule is O=C(O)c1[nH]ncc1-c1ccc(C(F)(F)F)cc1. The van der Waals surface area contributed by atoms with Crippen LogP contribution in [0.4, 0.5) is 13.2 Å². The number of carboxylic acids is 1. The maximum atomic E-state index is 12.4. The molecule has 0 saturated carbocycles. The number of rotatable bonds is 2. The zero-order chi connectivity index (χ0) is 13.3. The number of nitrogens with one attached hydrogen (secondary N) is 1. The quantitative estimate of drug-likeness (QED) is 0.868. The van der Waals surface area contributed by atoms with Crippen molar-refractivity contribution >= 4 is 5.97 Å². The van der Waals surface area contributed by atoms with Gasteiger partial charge < -0.3 is 5.11 Å². The number of carbonyl (C=O) groups is 1. The molecule has 0 bridgehead atoms. The number of alkyl halides is 3. The zero-order valence-corrected chi connectivity index (χ0v) is 8.82. The minimum atomic E-state index is -4.41. The monoisotopic (exact) mass is 256 g/mol. The third kappa shape index (κ3) is 2.20. The molecule has 18 heavy (non-hydrogen) atoms. The van der Waals surface area contributed by atoms with E-state index in [2.05, 4.69) is 10.2 Å². The van der Waals surface area contributed by atoms with Gasteiger partial charge in [0.2, 0.25) is 0 Å². The van der Waals surface area contributed by atoms with Crippen molar-refractivity contribution < 1.29 is 23.1 Å². The average molecular weight is 256 g/mol. The lowest BCUT2D eigenvalue weighted by Crippen LogP contribution is -2.04. The fourth-order valence-electron chi connectivity index (χ4n) is 1.51. The van der Waals surface area contributed by atoms with Crippen LogP contribution in [0.15, 0.2) is 30.5 Å². The molecule has 0 unspecified atom stereocenters. The van der Waals surface area contributed by atoms with Crippen LogP contribution in [0.3, 0.4) is 0 Å². The molecule has 94 valence electrons. The van der Waals surface area contributed by atoms with Crippen LogP contribution in [0.5, 0.6) is 0 Å². The first-order valence-corrected chi connectivity index (χ1v) is 4.84. The van der Waals surface area contributed by atoms with Crippen LogP contribution in [-0.2, 0) is 6.18 Å². The Bertz CT molecular complexity index is 573. The van der Waals surface area contributed by atoms with Crippen molar-refractivity contribution in [2.75, 3.05) is 0 Å². The van der Waals surface area contributed by atoms with Crippen LogP contribution < -0.4 is 0 Å². The van der Waals surface area contributed by atoms with E-state index in [1.165, 1.54) is 18.3 Å². The van der Waals surface area contributed by atoms with E-state index in [-0.39, 0.29) is 11.3 Å². The molecular weight excluding hydrogens is 249 g/mol. The van der Waals surface area contributed by atoms with Gasteiger partial charge >= 0.3 is 12.1 Å². The molecule has 2 aromatic rings. The Morgan fingerprint density at radius 2 is 1.83 bits per heavy atom. The number of aromatic nitrogens is 2. The minimum Gasteiger partial charge on any atom is -0.477 e. The van der Waals surface area contributed by atoms with Gasteiger partial charge in [-0.05, 0) is 17.7 Å². The highest BCUT2D eigenvalue weighted by atomic mass is 19.4.